The van der Waals surface area contributed by atoms with Crippen LogP contribution in [0.5, 0.6) is 6.01 Å². The molecule has 2 saturated heterocycles. The highest BCUT2D eigenvalue weighted by Crippen LogP contribution is 2.21. The number of rotatable bonds is 4. The molecule has 0 unspecified atom stereocenters. The molecule has 3 rings (SSSR count). The summed E-state index contributed by atoms with van der Waals surface area (Å²) >= 11 is 0. The van der Waals surface area contributed by atoms with Crippen LogP contribution < -0.4 is 4.74 Å². The van der Waals surface area contributed by atoms with E-state index in [1.807, 2.05) is 19.9 Å². The lowest BCUT2D eigenvalue weighted by Crippen LogP contribution is -2.48. The molecule has 23 heavy (non-hydrogen) atoms. The fourth-order valence-electron chi connectivity index (χ4n) is 2.84. The Balaban J connectivity index is 1.63. The summed E-state index contributed by atoms with van der Waals surface area (Å²) in [6.45, 7) is 6.25. The Morgan fingerprint density at radius 2 is 1.78 bits per heavy atom. The van der Waals surface area contributed by atoms with Crippen molar-refractivity contribution >= 4 is 10.2 Å². The van der Waals surface area contributed by atoms with Crippen molar-refractivity contribution in [1.82, 2.24) is 18.6 Å². The Morgan fingerprint density at radius 3 is 2.43 bits per heavy atom. The first-order valence-electron chi connectivity index (χ1n) is 7.77. The van der Waals surface area contributed by atoms with Crippen LogP contribution in [-0.2, 0) is 14.9 Å². The summed E-state index contributed by atoms with van der Waals surface area (Å²) in [7, 11) is -3.44. The van der Waals surface area contributed by atoms with E-state index < -0.39 is 10.2 Å². The third-order valence-electron chi connectivity index (χ3n) is 3.96. The van der Waals surface area contributed by atoms with Gasteiger partial charge in [-0.05, 0) is 26.3 Å². The maximum Gasteiger partial charge on any atom is 0.317 e. The second-order valence-electron chi connectivity index (χ2n) is 5.84. The quantitative estimate of drug-likeness (QED) is 0.773. The summed E-state index contributed by atoms with van der Waals surface area (Å²) in [5, 5.41) is 0. The Bertz CT molecular complexity index is 640. The van der Waals surface area contributed by atoms with Gasteiger partial charge in [-0.2, -0.15) is 17.0 Å². The van der Waals surface area contributed by atoms with Gasteiger partial charge in [0.2, 0.25) is 0 Å². The predicted octanol–water partition coefficient (Wildman–Crippen LogP) is 0.124. The zero-order valence-corrected chi connectivity index (χ0v) is 14.3. The van der Waals surface area contributed by atoms with Crippen LogP contribution in [0.4, 0.5) is 0 Å². The molecule has 0 amide bonds. The van der Waals surface area contributed by atoms with Crippen LogP contribution in [0.1, 0.15) is 17.8 Å². The molecule has 3 heterocycles. The van der Waals surface area contributed by atoms with Crippen LogP contribution in [0.2, 0.25) is 0 Å². The van der Waals surface area contributed by atoms with Crippen molar-refractivity contribution in [3.8, 4) is 6.01 Å². The average Bonchev–Trinajstić information content (AvgIpc) is 2.96. The minimum Gasteiger partial charge on any atom is -0.459 e. The van der Waals surface area contributed by atoms with Gasteiger partial charge in [-0.25, -0.2) is 9.97 Å². The summed E-state index contributed by atoms with van der Waals surface area (Å²) in [6, 6.07) is 2.19. The number of hydrogen-bond donors (Lipinski definition) is 0. The number of aryl methyl sites for hydroxylation is 2. The average molecular weight is 342 g/mol. The molecule has 0 radical (unpaired) electrons. The molecule has 128 valence electrons. The van der Waals surface area contributed by atoms with E-state index in [9.17, 15) is 8.42 Å². The van der Waals surface area contributed by atoms with Crippen molar-refractivity contribution in [2.45, 2.75) is 26.4 Å². The first-order chi connectivity index (χ1) is 10.9. The first-order valence-corrected chi connectivity index (χ1v) is 9.17. The molecule has 1 atom stereocenters. The van der Waals surface area contributed by atoms with Crippen LogP contribution in [0.3, 0.4) is 0 Å². The molecule has 0 aromatic carbocycles. The lowest BCUT2D eigenvalue weighted by molar-refractivity contribution is 0.0703. The molecular formula is C14H22N4O4S. The van der Waals surface area contributed by atoms with Crippen LogP contribution in [0.25, 0.3) is 0 Å². The fourth-order valence-corrected chi connectivity index (χ4v) is 4.47. The second-order valence-corrected chi connectivity index (χ2v) is 7.77. The van der Waals surface area contributed by atoms with Gasteiger partial charge in [0.1, 0.15) is 6.10 Å². The van der Waals surface area contributed by atoms with E-state index in [0.717, 1.165) is 11.4 Å². The zero-order chi connectivity index (χ0) is 16.4. The fraction of sp³-hybridized carbons (Fsp3) is 0.714. The highest BCUT2D eigenvalue weighted by molar-refractivity contribution is 7.86. The molecule has 0 saturated carbocycles. The van der Waals surface area contributed by atoms with E-state index in [1.165, 1.54) is 8.61 Å². The van der Waals surface area contributed by atoms with E-state index in [-0.39, 0.29) is 6.10 Å². The Morgan fingerprint density at radius 1 is 1.13 bits per heavy atom. The van der Waals surface area contributed by atoms with Crippen LogP contribution >= 0.6 is 0 Å². The third kappa shape index (κ3) is 3.79. The summed E-state index contributed by atoms with van der Waals surface area (Å²) in [4.78, 5) is 8.49. The SMILES string of the molecule is Cc1cc(C)nc(O[C@H]2CCN(S(=O)(=O)N3CCOCC3)C2)n1. The van der Waals surface area contributed by atoms with Crippen LogP contribution in [-0.4, -0.2) is 72.5 Å². The van der Waals surface area contributed by atoms with Gasteiger partial charge in [-0.1, -0.05) is 0 Å². The van der Waals surface area contributed by atoms with Crippen molar-refractivity contribution in [2.24, 2.45) is 0 Å². The highest BCUT2D eigenvalue weighted by atomic mass is 32.2. The molecule has 2 aliphatic rings. The number of nitrogens with zero attached hydrogens (tertiary/aromatic N) is 4. The minimum atomic E-state index is -3.44. The number of hydrogen-bond acceptors (Lipinski definition) is 6. The molecule has 0 spiro atoms. The monoisotopic (exact) mass is 342 g/mol. The maximum absolute atomic E-state index is 12.6. The maximum atomic E-state index is 12.6. The Kier molecular flexibility index (Phi) is 4.81. The summed E-state index contributed by atoms with van der Waals surface area (Å²) in [6.07, 6.45) is 0.423. The minimum absolute atomic E-state index is 0.216. The van der Waals surface area contributed by atoms with Crippen molar-refractivity contribution in [2.75, 3.05) is 39.4 Å². The molecule has 1 aromatic heterocycles. The smallest absolute Gasteiger partial charge is 0.317 e. The zero-order valence-electron chi connectivity index (χ0n) is 13.4. The first kappa shape index (κ1) is 16.6. The molecule has 8 nitrogen and oxygen atoms in total. The second kappa shape index (κ2) is 6.68. The predicted molar refractivity (Wildman–Crippen MR) is 83.4 cm³/mol. The van der Waals surface area contributed by atoms with Gasteiger partial charge >= 0.3 is 6.01 Å². The van der Waals surface area contributed by atoms with Gasteiger partial charge in [0, 0.05) is 31.0 Å². The number of morpholine rings is 1. The lowest BCUT2D eigenvalue weighted by atomic mass is 10.3. The topological polar surface area (TPSA) is 84.9 Å². The number of ether oxygens (including phenoxy) is 2. The van der Waals surface area contributed by atoms with Gasteiger partial charge in [-0.3, -0.25) is 0 Å². The molecule has 2 fully saturated rings. The van der Waals surface area contributed by atoms with Gasteiger partial charge < -0.3 is 9.47 Å². The molecule has 1 aromatic rings. The number of aromatic nitrogens is 2. The molecule has 0 aliphatic carbocycles. The largest absolute Gasteiger partial charge is 0.459 e. The van der Waals surface area contributed by atoms with Gasteiger partial charge in [0.25, 0.3) is 10.2 Å². The molecule has 0 bridgehead atoms. The van der Waals surface area contributed by atoms with Crippen molar-refractivity contribution in [3.05, 3.63) is 17.5 Å². The van der Waals surface area contributed by atoms with E-state index in [1.54, 1.807) is 0 Å². The summed E-state index contributed by atoms with van der Waals surface area (Å²) < 4.78 is 39.2. The van der Waals surface area contributed by atoms with Gasteiger partial charge in [-0.15, -0.1) is 0 Å². The van der Waals surface area contributed by atoms with Crippen LogP contribution in [0, 0.1) is 13.8 Å². The third-order valence-corrected chi connectivity index (χ3v) is 5.97. The molecule has 9 heteroatoms. The highest BCUT2D eigenvalue weighted by Gasteiger charge is 2.37. The van der Waals surface area contributed by atoms with Crippen LogP contribution in [0.15, 0.2) is 6.07 Å². The standard InChI is InChI=1S/C14H22N4O4S/c1-11-9-12(2)16-14(15-11)22-13-3-4-18(10-13)23(19,20)17-5-7-21-8-6-17/h9,13H,3-8,10H2,1-2H3/t13-/m0/s1. The Labute approximate surface area is 136 Å². The van der Waals surface area contributed by atoms with Crippen molar-refractivity contribution in [3.63, 3.8) is 0 Å². The van der Waals surface area contributed by atoms with Crippen molar-refractivity contribution in [1.29, 1.82) is 0 Å². The van der Waals surface area contributed by atoms with E-state index >= 15 is 0 Å². The van der Waals surface area contributed by atoms with Gasteiger partial charge in [0.05, 0.1) is 19.8 Å². The lowest BCUT2D eigenvalue weighted by Gasteiger charge is -2.29. The van der Waals surface area contributed by atoms with E-state index in [4.69, 9.17) is 9.47 Å². The normalized spacial score (nSPS) is 24.0. The van der Waals surface area contributed by atoms with Gasteiger partial charge in [0.15, 0.2) is 0 Å². The summed E-state index contributed by atoms with van der Waals surface area (Å²) in [5.41, 5.74) is 1.67. The summed E-state index contributed by atoms with van der Waals surface area (Å²) in [5.74, 6) is 0. The molecule has 0 N–H and O–H groups in total. The van der Waals surface area contributed by atoms with E-state index in [0.29, 0.717) is 51.8 Å². The Hall–Kier alpha value is -1.29. The van der Waals surface area contributed by atoms with Crippen molar-refractivity contribution < 1.29 is 17.9 Å². The molecule has 2 aliphatic heterocycles. The van der Waals surface area contributed by atoms with E-state index in [2.05, 4.69) is 9.97 Å². The molecular weight excluding hydrogens is 320 g/mol.